The molecule has 1 aromatic rings. The van der Waals surface area contributed by atoms with Crippen LogP contribution in [0.5, 0.6) is 0 Å². The molecule has 2 N–H and O–H groups in total. The first kappa shape index (κ1) is 13.6. The van der Waals surface area contributed by atoms with E-state index >= 15 is 0 Å². The van der Waals surface area contributed by atoms with Crippen LogP contribution in [0.2, 0.25) is 0 Å². The maximum Gasteiger partial charge on any atom is 0.0534 e. The molecule has 1 heterocycles. The summed E-state index contributed by atoms with van der Waals surface area (Å²) < 4.78 is 1.87. The summed E-state index contributed by atoms with van der Waals surface area (Å²) in [5.41, 5.74) is 7.60. The molecule has 0 saturated heterocycles. The van der Waals surface area contributed by atoms with Gasteiger partial charge in [-0.2, -0.15) is 5.10 Å². The molecule has 4 heteroatoms. The maximum absolute atomic E-state index is 6.13. The maximum atomic E-state index is 6.13. The second-order valence-corrected chi connectivity index (χ2v) is 5.68. The summed E-state index contributed by atoms with van der Waals surface area (Å²) in [6.07, 6.45) is 9.15. The third-order valence-electron chi connectivity index (χ3n) is 4.71. The van der Waals surface area contributed by atoms with Crippen molar-refractivity contribution in [2.75, 3.05) is 13.6 Å². The second kappa shape index (κ2) is 5.41. The van der Waals surface area contributed by atoms with E-state index in [9.17, 15) is 0 Å². The Bertz CT molecular complexity index is 387. The Labute approximate surface area is 110 Å². The van der Waals surface area contributed by atoms with Crippen molar-refractivity contribution in [1.29, 1.82) is 0 Å². The van der Waals surface area contributed by atoms with E-state index in [0.29, 0.717) is 0 Å². The number of nitrogens with zero attached hydrogens (tertiary/aromatic N) is 3. The number of nitrogens with two attached hydrogens (primary N) is 1. The SMILES string of the molecule is CCC1CCCC1(CN)N(C)Cc1cnn(C)c1. The molecule has 18 heavy (non-hydrogen) atoms. The van der Waals surface area contributed by atoms with Crippen molar-refractivity contribution in [3.63, 3.8) is 0 Å². The lowest BCUT2D eigenvalue weighted by molar-refractivity contribution is 0.0747. The van der Waals surface area contributed by atoms with Gasteiger partial charge >= 0.3 is 0 Å². The van der Waals surface area contributed by atoms with Crippen molar-refractivity contribution < 1.29 is 0 Å². The summed E-state index contributed by atoms with van der Waals surface area (Å²) in [5.74, 6) is 0.740. The van der Waals surface area contributed by atoms with Gasteiger partial charge < -0.3 is 5.73 Å². The molecule has 4 nitrogen and oxygen atoms in total. The van der Waals surface area contributed by atoms with E-state index in [1.165, 1.54) is 31.2 Å². The molecule has 1 aliphatic rings. The highest BCUT2D eigenvalue weighted by Gasteiger charge is 2.43. The predicted octanol–water partition coefficient (Wildman–Crippen LogP) is 1.76. The van der Waals surface area contributed by atoms with Crippen LogP contribution in [0, 0.1) is 5.92 Å². The monoisotopic (exact) mass is 250 g/mol. The van der Waals surface area contributed by atoms with Crippen molar-refractivity contribution in [2.45, 2.75) is 44.7 Å². The Hall–Kier alpha value is -0.870. The van der Waals surface area contributed by atoms with Gasteiger partial charge in [-0.25, -0.2) is 0 Å². The zero-order valence-corrected chi connectivity index (χ0v) is 11.9. The van der Waals surface area contributed by atoms with Gasteiger partial charge in [-0.1, -0.05) is 19.8 Å². The fraction of sp³-hybridized carbons (Fsp3) is 0.786. The van der Waals surface area contributed by atoms with Gasteiger partial charge in [0.05, 0.1) is 6.20 Å². The molecular weight excluding hydrogens is 224 g/mol. The Balaban J connectivity index is 2.12. The third-order valence-corrected chi connectivity index (χ3v) is 4.71. The molecule has 1 aliphatic carbocycles. The first-order valence-corrected chi connectivity index (χ1v) is 7.01. The molecule has 0 aromatic carbocycles. The summed E-state index contributed by atoms with van der Waals surface area (Å²) in [5, 5.41) is 4.24. The van der Waals surface area contributed by atoms with Gasteiger partial charge in [0.25, 0.3) is 0 Å². The molecule has 2 unspecified atom stereocenters. The Kier molecular flexibility index (Phi) is 4.07. The van der Waals surface area contributed by atoms with Crippen LogP contribution >= 0.6 is 0 Å². The summed E-state index contributed by atoms with van der Waals surface area (Å²) in [6, 6.07) is 0. The number of aryl methyl sites for hydroxylation is 1. The van der Waals surface area contributed by atoms with Crippen molar-refractivity contribution in [2.24, 2.45) is 18.7 Å². The normalized spacial score (nSPS) is 28.2. The average molecular weight is 250 g/mol. The zero-order chi connectivity index (χ0) is 13.2. The highest BCUT2D eigenvalue weighted by atomic mass is 15.3. The lowest BCUT2D eigenvalue weighted by Gasteiger charge is -2.42. The lowest BCUT2D eigenvalue weighted by Crippen LogP contribution is -2.54. The third kappa shape index (κ3) is 2.31. The van der Waals surface area contributed by atoms with E-state index in [2.05, 4.69) is 30.2 Å². The molecule has 0 bridgehead atoms. The topological polar surface area (TPSA) is 47.1 Å². The van der Waals surface area contributed by atoms with Crippen LogP contribution in [0.25, 0.3) is 0 Å². The highest BCUT2D eigenvalue weighted by molar-refractivity contribution is 5.07. The van der Waals surface area contributed by atoms with Gasteiger partial charge in [0.1, 0.15) is 0 Å². The van der Waals surface area contributed by atoms with Gasteiger partial charge in [-0.05, 0) is 25.8 Å². The van der Waals surface area contributed by atoms with Crippen LogP contribution in [0.3, 0.4) is 0 Å². The summed E-state index contributed by atoms with van der Waals surface area (Å²) in [6.45, 7) is 4.00. The minimum absolute atomic E-state index is 0.199. The molecule has 1 fully saturated rings. The molecule has 1 aromatic heterocycles. The molecule has 0 radical (unpaired) electrons. The summed E-state index contributed by atoms with van der Waals surface area (Å²) in [4.78, 5) is 2.46. The predicted molar refractivity (Wildman–Crippen MR) is 74.1 cm³/mol. The van der Waals surface area contributed by atoms with Crippen molar-refractivity contribution in [3.05, 3.63) is 18.0 Å². The van der Waals surface area contributed by atoms with E-state index in [0.717, 1.165) is 19.0 Å². The standard InChI is InChI=1S/C14H26N4/c1-4-13-6-5-7-14(13,11-15)17(2)9-12-8-16-18(3)10-12/h8,10,13H,4-7,9,11,15H2,1-3H3. The van der Waals surface area contributed by atoms with Crippen LogP contribution in [0.1, 0.15) is 38.2 Å². The molecule has 0 spiro atoms. The Morgan fingerprint density at radius 2 is 2.39 bits per heavy atom. The lowest BCUT2D eigenvalue weighted by atomic mass is 9.83. The molecule has 2 rings (SSSR count). The fourth-order valence-electron chi connectivity index (χ4n) is 3.62. The highest BCUT2D eigenvalue weighted by Crippen LogP contribution is 2.41. The zero-order valence-electron chi connectivity index (χ0n) is 11.9. The minimum atomic E-state index is 0.199. The van der Waals surface area contributed by atoms with Crippen LogP contribution in [0.15, 0.2) is 12.4 Å². The second-order valence-electron chi connectivity index (χ2n) is 5.68. The van der Waals surface area contributed by atoms with Crippen LogP contribution < -0.4 is 5.73 Å². The average Bonchev–Trinajstić information content (AvgIpc) is 2.95. The van der Waals surface area contributed by atoms with E-state index in [1.54, 1.807) is 0 Å². The first-order chi connectivity index (χ1) is 8.62. The summed E-state index contributed by atoms with van der Waals surface area (Å²) in [7, 11) is 4.18. The van der Waals surface area contributed by atoms with Gasteiger partial charge in [0.2, 0.25) is 0 Å². The fourth-order valence-corrected chi connectivity index (χ4v) is 3.62. The van der Waals surface area contributed by atoms with E-state index < -0.39 is 0 Å². The van der Waals surface area contributed by atoms with Crippen LogP contribution in [0.4, 0.5) is 0 Å². The first-order valence-electron chi connectivity index (χ1n) is 7.01. The quantitative estimate of drug-likeness (QED) is 0.866. The summed E-state index contributed by atoms with van der Waals surface area (Å²) >= 11 is 0. The van der Waals surface area contributed by atoms with Crippen LogP contribution in [-0.2, 0) is 13.6 Å². The molecular formula is C14H26N4. The number of hydrogen-bond donors (Lipinski definition) is 1. The molecule has 0 aliphatic heterocycles. The Morgan fingerprint density at radius 3 is 2.94 bits per heavy atom. The van der Waals surface area contributed by atoms with E-state index in [-0.39, 0.29) is 5.54 Å². The number of hydrogen-bond acceptors (Lipinski definition) is 3. The molecule has 0 amide bonds. The van der Waals surface area contributed by atoms with Crippen LogP contribution in [-0.4, -0.2) is 33.8 Å². The Morgan fingerprint density at radius 1 is 1.61 bits per heavy atom. The van der Waals surface area contributed by atoms with Gasteiger partial charge in [0.15, 0.2) is 0 Å². The van der Waals surface area contributed by atoms with Crippen molar-refractivity contribution >= 4 is 0 Å². The van der Waals surface area contributed by atoms with Gasteiger partial charge in [-0.15, -0.1) is 0 Å². The number of aromatic nitrogens is 2. The van der Waals surface area contributed by atoms with E-state index in [4.69, 9.17) is 5.73 Å². The molecule has 102 valence electrons. The van der Waals surface area contributed by atoms with Crippen molar-refractivity contribution in [1.82, 2.24) is 14.7 Å². The van der Waals surface area contributed by atoms with Gasteiger partial charge in [-0.3, -0.25) is 9.58 Å². The van der Waals surface area contributed by atoms with E-state index in [1.807, 2.05) is 17.9 Å². The van der Waals surface area contributed by atoms with Gasteiger partial charge in [0, 0.05) is 37.4 Å². The molecule has 1 saturated carbocycles. The van der Waals surface area contributed by atoms with Crippen molar-refractivity contribution in [3.8, 4) is 0 Å². The molecule has 2 atom stereocenters. The number of likely N-dealkylation sites (N-methyl/N-ethyl adjacent to an activating group) is 1. The largest absolute Gasteiger partial charge is 0.329 e. The minimum Gasteiger partial charge on any atom is -0.329 e. The smallest absolute Gasteiger partial charge is 0.0534 e. The number of rotatable bonds is 5.